The van der Waals surface area contributed by atoms with Crippen LogP contribution in [0.1, 0.15) is 48.5 Å². The average molecular weight is 372 g/mol. The van der Waals surface area contributed by atoms with Gasteiger partial charge in [-0.3, -0.25) is 4.79 Å². The van der Waals surface area contributed by atoms with Crippen molar-refractivity contribution in [3.05, 3.63) is 35.4 Å². The van der Waals surface area contributed by atoms with Gasteiger partial charge in [-0.1, -0.05) is 19.1 Å². The fraction of sp³-hybridized carbons (Fsp3) is 0.368. The molecule has 0 unspecified atom stereocenters. The first-order valence-corrected chi connectivity index (χ1v) is 8.58. The molecule has 1 heterocycles. The first kappa shape index (κ1) is 18.7. The molecule has 1 fully saturated rings. The molecule has 1 aromatic heterocycles. The number of carbonyl (C=O) groups excluding carboxylic acids is 1. The van der Waals surface area contributed by atoms with Gasteiger partial charge in [0, 0.05) is 24.8 Å². The minimum atomic E-state index is -2.76. The summed E-state index contributed by atoms with van der Waals surface area (Å²) in [4.78, 5) is 20.9. The van der Waals surface area contributed by atoms with Gasteiger partial charge in [-0.15, -0.1) is 0 Å². The molecule has 140 valence electrons. The molecule has 1 aliphatic carbocycles. The van der Waals surface area contributed by atoms with Gasteiger partial charge in [0.05, 0.1) is 11.6 Å². The van der Waals surface area contributed by atoms with E-state index in [1.54, 1.807) is 24.3 Å². The predicted molar refractivity (Wildman–Crippen MR) is 94.4 cm³/mol. The third-order valence-electron chi connectivity index (χ3n) is 4.24. The highest BCUT2D eigenvalue weighted by Crippen LogP contribution is 2.40. The van der Waals surface area contributed by atoms with Gasteiger partial charge in [-0.25, -0.2) is 13.8 Å². The average Bonchev–Trinajstić information content (AvgIpc) is 2.60. The molecule has 3 rings (SSSR count). The SMILES string of the molecule is CCCC(=O)c1c(N)nc(-c2cccc(C#N)c2)nc1OC1CC(F)(F)C1. The summed E-state index contributed by atoms with van der Waals surface area (Å²) >= 11 is 0. The van der Waals surface area contributed by atoms with Crippen LogP contribution in [-0.2, 0) is 0 Å². The van der Waals surface area contributed by atoms with Gasteiger partial charge in [-0.05, 0) is 18.6 Å². The van der Waals surface area contributed by atoms with E-state index in [0.717, 1.165) is 0 Å². The molecule has 8 heteroatoms. The summed E-state index contributed by atoms with van der Waals surface area (Å²) in [5.41, 5.74) is 6.92. The normalized spacial score (nSPS) is 15.6. The number of aromatic nitrogens is 2. The van der Waals surface area contributed by atoms with Crippen LogP contribution in [0.5, 0.6) is 5.88 Å². The second-order valence-electron chi connectivity index (χ2n) is 6.48. The van der Waals surface area contributed by atoms with Gasteiger partial charge in [0.15, 0.2) is 11.6 Å². The van der Waals surface area contributed by atoms with E-state index >= 15 is 0 Å². The number of Topliss-reactive ketones (excluding diaryl/α,β-unsaturated/α-hetero) is 1. The Morgan fingerprint density at radius 2 is 2.15 bits per heavy atom. The molecule has 0 spiro atoms. The number of anilines is 1. The topological polar surface area (TPSA) is 102 Å². The van der Waals surface area contributed by atoms with E-state index in [0.29, 0.717) is 17.5 Å². The molecule has 1 aliphatic rings. The third-order valence-corrected chi connectivity index (χ3v) is 4.24. The van der Waals surface area contributed by atoms with Crippen molar-refractivity contribution < 1.29 is 18.3 Å². The highest BCUT2D eigenvalue weighted by Gasteiger charge is 2.47. The van der Waals surface area contributed by atoms with E-state index in [-0.39, 0.29) is 35.3 Å². The van der Waals surface area contributed by atoms with E-state index in [9.17, 15) is 13.6 Å². The largest absolute Gasteiger partial charge is 0.473 e. The fourth-order valence-corrected chi connectivity index (χ4v) is 2.86. The number of nitrogens with zero attached hydrogens (tertiary/aromatic N) is 3. The number of alkyl halides is 2. The Hall–Kier alpha value is -3.08. The smallest absolute Gasteiger partial charge is 0.255 e. The summed E-state index contributed by atoms with van der Waals surface area (Å²) < 4.78 is 31.9. The molecular formula is C19H18F2N4O2. The minimum absolute atomic E-state index is 0.0206. The van der Waals surface area contributed by atoms with Gasteiger partial charge in [0.1, 0.15) is 17.5 Å². The Morgan fingerprint density at radius 3 is 2.78 bits per heavy atom. The van der Waals surface area contributed by atoms with Crippen LogP contribution >= 0.6 is 0 Å². The Bertz CT molecular complexity index is 916. The van der Waals surface area contributed by atoms with E-state index < -0.39 is 24.9 Å². The highest BCUT2D eigenvalue weighted by molar-refractivity contribution is 6.02. The van der Waals surface area contributed by atoms with E-state index in [4.69, 9.17) is 15.7 Å². The molecule has 0 atom stereocenters. The van der Waals surface area contributed by atoms with Crippen molar-refractivity contribution in [1.29, 1.82) is 5.26 Å². The third kappa shape index (κ3) is 4.03. The van der Waals surface area contributed by atoms with Crippen LogP contribution in [0.2, 0.25) is 0 Å². The summed E-state index contributed by atoms with van der Waals surface area (Å²) in [7, 11) is 0. The molecule has 0 bridgehead atoms. The van der Waals surface area contributed by atoms with Crippen LogP contribution in [0, 0.1) is 11.3 Å². The first-order chi connectivity index (χ1) is 12.8. The number of carbonyl (C=O) groups is 1. The second kappa shape index (κ2) is 7.27. The quantitative estimate of drug-likeness (QED) is 0.775. The monoisotopic (exact) mass is 372 g/mol. The summed E-state index contributed by atoms with van der Waals surface area (Å²) in [6.07, 6.45) is -0.797. The number of ketones is 1. The van der Waals surface area contributed by atoms with Crippen LogP contribution in [0.25, 0.3) is 11.4 Å². The van der Waals surface area contributed by atoms with Crippen molar-refractivity contribution in [3.63, 3.8) is 0 Å². The minimum Gasteiger partial charge on any atom is -0.473 e. The van der Waals surface area contributed by atoms with Crippen molar-refractivity contribution >= 4 is 11.6 Å². The zero-order valence-corrected chi connectivity index (χ0v) is 14.7. The number of nitrogens with two attached hydrogens (primary N) is 1. The lowest BCUT2D eigenvalue weighted by atomic mass is 9.91. The van der Waals surface area contributed by atoms with Crippen molar-refractivity contribution in [1.82, 2.24) is 9.97 Å². The summed E-state index contributed by atoms with van der Waals surface area (Å²) in [5.74, 6) is -3.05. The van der Waals surface area contributed by atoms with Gasteiger partial charge in [0.25, 0.3) is 5.92 Å². The Kier molecular flexibility index (Phi) is 5.04. The summed E-state index contributed by atoms with van der Waals surface area (Å²) in [6.45, 7) is 1.84. The lowest BCUT2D eigenvalue weighted by Crippen LogP contribution is -2.43. The van der Waals surface area contributed by atoms with Crippen LogP contribution in [0.3, 0.4) is 0 Å². The Morgan fingerprint density at radius 1 is 1.41 bits per heavy atom. The number of hydrogen-bond donors (Lipinski definition) is 1. The maximum Gasteiger partial charge on any atom is 0.255 e. The zero-order chi connectivity index (χ0) is 19.6. The van der Waals surface area contributed by atoms with Crippen molar-refractivity contribution in [2.75, 3.05) is 5.73 Å². The number of nitrogen functional groups attached to an aromatic ring is 1. The lowest BCUT2D eigenvalue weighted by Gasteiger charge is -2.34. The highest BCUT2D eigenvalue weighted by atomic mass is 19.3. The Labute approximate surface area is 155 Å². The fourth-order valence-electron chi connectivity index (χ4n) is 2.86. The standard InChI is InChI=1S/C19H18F2N4O2/c1-2-4-14(26)15-16(23)24-17(12-6-3-5-11(7-12)10-22)25-18(15)27-13-8-19(20,21)9-13/h3,5-7,13H,2,4,8-9H2,1H3,(H2,23,24,25). The predicted octanol–water partition coefficient (Wildman–Crippen LogP) is 3.76. The molecule has 0 amide bonds. The number of ether oxygens (including phenoxy) is 1. The number of rotatable bonds is 6. The number of benzene rings is 1. The van der Waals surface area contributed by atoms with Crippen LogP contribution in [0.15, 0.2) is 24.3 Å². The molecule has 1 aromatic carbocycles. The molecule has 0 aliphatic heterocycles. The second-order valence-corrected chi connectivity index (χ2v) is 6.48. The maximum atomic E-state index is 13.1. The van der Waals surface area contributed by atoms with E-state index in [2.05, 4.69) is 9.97 Å². The van der Waals surface area contributed by atoms with Gasteiger partial charge >= 0.3 is 0 Å². The lowest BCUT2D eigenvalue weighted by molar-refractivity contribution is -0.135. The summed E-state index contributed by atoms with van der Waals surface area (Å²) in [6, 6.07) is 8.56. The maximum absolute atomic E-state index is 13.1. The van der Waals surface area contributed by atoms with Crippen LogP contribution in [-0.4, -0.2) is 27.8 Å². The van der Waals surface area contributed by atoms with Crippen molar-refractivity contribution in [2.45, 2.75) is 44.6 Å². The summed E-state index contributed by atoms with van der Waals surface area (Å²) in [5, 5.41) is 9.05. The van der Waals surface area contributed by atoms with Crippen molar-refractivity contribution in [3.8, 4) is 23.3 Å². The molecular weight excluding hydrogens is 354 g/mol. The molecule has 2 aromatic rings. The van der Waals surface area contributed by atoms with Crippen LogP contribution < -0.4 is 10.5 Å². The molecule has 0 saturated heterocycles. The molecule has 0 radical (unpaired) electrons. The van der Waals surface area contributed by atoms with Crippen molar-refractivity contribution in [2.24, 2.45) is 0 Å². The number of halogens is 2. The zero-order valence-electron chi connectivity index (χ0n) is 14.7. The van der Waals surface area contributed by atoms with Crippen LogP contribution in [0.4, 0.5) is 14.6 Å². The first-order valence-electron chi connectivity index (χ1n) is 8.58. The molecule has 2 N–H and O–H groups in total. The molecule has 1 saturated carbocycles. The van der Waals surface area contributed by atoms with Gasteiger partial charge in [-0.2, -0.15) is 10.2 Å². The Balaban J connectivity index is 2.02. The van der Waals surface area contributed by atoms with E-state index in [1.807, 2.05) is 13.0 Å². The van der Waals surface area contributed by atoms with Gasteiger partial charge in [0.2, 0.25) is 5.88 Å². The number of hydrogen-bond acceptors (Lipinski definition) is 6. The van der Waals surface area contributed by atoms with E-state index in [1.165, 1.54) is 0 Å². The molecule has 27 heavy (non-hydrogen) atoms. The van der Waals surface area contributed by atoms with Gasteiger partial charge < -0.3 is 10.5 Å². The molecule has 6 nitrogen and oxygen atoms in total. The number of nitriles is 1.